The van der Waals surface area contributed by atoms with Crippen LogP contribution in [0.5, 0.6) is 0 Å². The van der Waals surface area contributed by atoms with E-state index in [0.29, 0.717) is 35.6 Å². The first kappa shape index (κ1) is 36.9. The number of rotatable bonds is 14. The Morgan fingerprint density at radius 2 is 1.90 bits per heavy atom. The number of halogens is 2. The number of carbonyl (C=O) groups excluding carboxylic acids is 2. The maximum absolute atomic E-state index is 13.3. The van der Waals surface area contributed by atoms with Crippen molar-refractivity contribution in [1.82, 2.24) is 15.1 Å². The quantitative estimate of drug-likeness (QED) is 0.160. The van der Waals surface area contributed by atoms with Crippen molar-refractivity contribution >= 4 is 46.4 Å². The van der Waals surface area contributed by atoms with Gasteiger partial charge in [-0.15, -0.1) is 0 Å². The summed E-state index contributed by atoms with van der Waals surface area (Å²) in [5.74, 6) is 1.10. The van der Waals surface area contributed by atoms with Crippen molar-refractivity contribution in [3.05, 3.63) is 71.6 Å². The van der Waals surface area contributed by atoms with Crippen molar-refractivity contribution < 1.29 is 30.0 Å². The second kappa shape index (κ2) is 18.4. The summed E-state index contributed by atoms with van der Waals surface area (Å²) in [4.78, 5) is 31.1. The SMILES string of the molecule is CC(C)C[C@H](C(=O)NCc1ccc(Cl)c(Cl)c1)N(C=O)CCC(C[S+](C)c1ccccc1)N1CCC(N)C1.[CH3-].[Re]. The van der Waals surface area contributed by atoms with Crippen LogP contribution in [0.4, 0.5) is 0 Å². The molecule has 1 heterocycles. The van der Waals surface area contributed by atoms with Crippen molar-refractivity contribution in [3.63, 3.8) is 0 Å². The molecule has 2 amide bonds. The summed E-state index contributed by atoms with van der Waals surface area (Å²) in [7, 11) is 0.0672. The van der Waals surface area contributed by atoms with Gasteiger partial charge in [-0.1, -0.05) is 61.3 Å². The second-order valence-electron chi connectivity index (χ2n) is 10.6. The van der Waals surface area contributed by atoms with Crippen molar-refractivity contribution in [2.45, 2.75) is 62.7 Å². The fraction of sp³-hybridized carbons (Fsp3) is 0.500. The summed E-state index contributed by atoms with van der Waals surface area (Å²) in [5, 5.41) is 3.92. The number of hydrogen-bond donors (Lipinski definition) is 2. The largest absolute Gasteiger partial charge is 0.358 e. The van der Waals surface area contributed by atoms with Crippen LogP contribution in [0.3, 0.4) is 0 Å². The van der Waals surface area contributed by atoms with E-state index < -0.39 is 6.04 Å². The van der Waals surface area contributed by atoms with Crippen LogP contribution in [-0.4, -0.2) is 71.9 Å². The van der Waals surface area contributed by atoms with Crippen LogP contribution < -0.4 is 11.1 Å². The molecule has 6 nitrogen and oxygen atoms in total. The van der Waals surface area contributed by atoms with Crippen LogP contribution in [-0.2, 0) is 47.5 Å². The minimum Gasteiger partial charge on any atom is -0.358 e. The Bertz CT molecular complexity index is 1050. The number of nitrogens with zero attached hydrogens (tertiary/aromatic N) is 2. The summed E-state index contributed by atoms with van der Waals surface area (Å²) in [6.07, 6.45) is 5.50. The number of hydrogen-bond acceptors (Lipinski definition) is 4. The smallest absolute Gasteiger partial charge is 0.243 e. The van der Waals surface area contributed by atoms with Gasteiger partial charge in [0.2, 0.25) is 12.3 Å². The van der Waals surface area contributed by atoms with Crippen molar-refractivity contribution in [1.29, 1.82) is 0 Å². The van der Waals surface area contributed by atoms with Crippen molar-refractivity contribution in [2.24, 2.45) is 11.7 Å². The molecule has 10 heteroatoms. The maximum Gasteiger partial charge on any atom is 0.243 e. The van der Waals surface area contributed by atoms with Gasteiger partial charge in [0, 0.05) is 63.5 Å². The van der Waals surface area contributed by atoms with Gasteiger partial charge in [-0.2, -0.15) is 0 Å². The molecule has 1 saturated heterocycles. The van der Waals surface area contributed by atoms with E-state index in [-0.39, 0.29) is 56.6 Å². The molecule has 2 aromatic carbocycles. The minimum atomic E-state index is -0.536. The van der Waals surface area contributed by atoms with Gasteiger partial charge in [-0.3, -0.25) is 14.5 Å². The molecule has 4 atom stereocenters. The number of amides is 2. The monoisotopic (exact) mass is 781 g/mol. The Kier molecular flexibility index (Phi) is 17.0. The first-order valence-corrected chi connectivity index (χ1v) is 15.8. The number of likely N-dealkylation sites (tertiary alicyclic amines) is 1. The topological polar surface area (TPSA) is 78.7 Å². The van der Waals surface area contributed by atoms with E-state index in [1.54, 1.807) is 17.0 Å². The summed E-state index contributed by atoms with van der Waals surface area (Å²) in [6.45, 7) is 6.82. The third kappa shape index (κ3) is 11.3. The molecule has 3 unspecified atom stereocenters. The molecule has 1 aliphatic heterocycles. The van der Waals surface area contributed by atoms with Crippen LogP contribution in [0.25, 0.3) is 0 Å². The molecule has 40 heavy (non-hydrogen) atoms. The molecule has 0 saturated carbocycles. The predicted octanol–water partition coefficient (Wildman–Crippen LogP) is 5.03. The molecule has 0 bridgehead atoms. The zero-order chi connectivity index (χ0) is 27.7. The van der Waals surface area contributed by atoms with Gasteiger partial charge in [-0.25, -0.2) is 0 Å². The molecule has 1 fully saturated rings. The van der Waals surface area contributed by atoms with E-state index in [1.165, 1.54) is 4.90 Å². The summed E-state index contributed by atoms with van der Waals surface area (Å²) >= 11 is 12.1. The molecule has 2 aromatic rings. The number of nitrogens with two attached hydrogens (primary N) is 1. The van der Waals surface area contributed by atoms with E-state index in [4.69, 9.17) is 28.9 Å². The van der Waals surface area contributed by atoms with Crippen molar-refractivity contribution in [2.75, 3.05) is 31.6 Å². The molecule has 0 aromatic heterocycles. The number of nitrogens with one attached hydrogen (secondary N) is 1. The summed E-state index contributed by atoms with van der Waals surface area (Å²) < 4.78 is 0. The van der Waals surface area contributed by atoms with Gasteiger partial charge < -0.3 is 23.4 Å². The third-order valence-corrected chi connectivity index (χ3v) is 9.77. The van der Waals surface area contributed by atoms with Crippen LogP contribution in [0, 0.1) is 13.3 Å². The zero-order valence-electron chi connectivity index (χ0n) is 24.0. The van der Waals surface area contributed by atoms with Gasteiger partial charge in [0.1, 0.15) is 18.1 Å². The molecule has 0 spiro atoms. The van der Waals surface area contributed by atoms with E-state index >= 15 is 0 Å². The average Bonchev–Trinajstić information content (AvgIpc) is 3.34. The molecule has 3 N–H and O–H groups in total. The van der Waals surface area contributed by atoms with E-state index in [0.717, 1.165) is 43.7 Å². The minimum absolute atomic E-state index is 0. The van der Waals surface area contributed by atoms with Crippen molar-refractivity contribution in [3.8, 4) is 0 Å². The van der Waals surface area contributed by atoms with Gasteiger partial charge in [0.15, 0.2) is 4.90 Å². The molecule has 1 aliphatic rings. The van der Waals surface area contributed by atoms with E-state index in [2.05, 4.69) is 54.6 Å². The van der Waals surface area contributed by atoms with E-state index in [1.807, 2.05) is 12.1 Å². The summed E-state index contributed by atoms with van der Waals surface area (Å²) in [6, 6.07) is 15.8. The zero-order valence-corrected chi connectivity index (χ0v) is 29.0. The molecule has 1 radical (unpaired) electrons. The van der Waals surface area contributed by atoms with Crippen LogP contribution in [0.15, 0.2) is 53.4 Å². The molecular weight excluding hydrogens is 738 g/mol. The average molecular weight is 782 g/mol. The second-order valence-corrected chi connectivity index (χ2v) is 13.5. The Labute approximate surface area is 267 Å². The first-order valence-electron chi connectivity index (χ1n) is 13.3. The normalized spacial score (nSPS) is 17.3. The Balaban J connectivity index is 0.00000400. The molecule has 223 valence electrons. The van der Waals surface area contributed by atoms with Crippen LogP contribution in [0.2, 0.25) is 10.0 Å². The standard InChI is InChI=1S/C29H40Cl2N4O2S.CH3.Re/c1-21(2)15-28(29(37)33-17-22-9-10-26(30)27(31)16-22)35(20-36)14-12-24(34-13-11-23(32)18-34)19-38(3)25-7-5-4-6-8-25;;/h4-10,16,20-21,23-24,28H,11-15,17-19,32H2,1-3H3;1H3;/q;-1;/p+1/t23?,24?,28-,38?;;/m1../s1. The van der Waals surface area contributed by atoms with Gasteiger partial charge in [-0.05, 0) is 55.0 Å². The first-order chi connectivity index (χ1) is 18.2. The fourth-order valence-electron chi connectivity index (χ4n) is 4.93. The Morgan fingerprint density at radius 3 is 2.48 bits per heavy atom. The molecule has 0 aliphatic carbocycles. The predicted molar refractivity (Wildman–Crippen MR) is 166 cm³/mol. The molecular formula is C30H44Cl2N4O2ReS. The Hall–Kier alpha value is -1.11. The van der Waals surface area contributed by atoms with Gasteiger partial charge >= 0.3 is 0 Å². The maximum atomic E-state index is 13.3. The third-order valence-electron chi connectivity index (χ3n) is 7.06. The van der Waals surface area contributed by atoms with E-state index in [9.17, 15) is 9.59 Å². The Morgan fingerprint density at radius 1 is 1.20 bits per heavy atom. The van der Waals surface area contributed by atoms with Crippen LogP contribution in [0.1, 0.15) is 38.7 Å². The van der Waals surface area contributed by atoms with Crippen LogP contribution >= 0.6 is 23.2 Å². The van der Waals surface area contributed by atoms with Gasteiger partial charge in [0.25, 0.3) is 0 Å². The number of carbonyl (C=O) groups is 2. The number of benzene rings is 2. The molecule has 3 rings (SSSR count). The fourth-order valence-corrected chi connectivity index (χ4v) is 7.02. The summed E-state index contributed by atoms with van der Waals surface area (Å²) in [5.41, 5.74) is 7.11. The van der Waals surface area contributed by atoms with Gasteiger partial charge in [0.05, 0.1) is 16.1 Å².